The summed E-state index contributed by atoms with van der Waals surface area (Å²) < 4.78 is 23.1. The first-order valence-corrected chi connectivity index (χ1v) is 5.79. The molecule has 0 fully saturated rings. The molecule has 0 unspecified atom stereocenters. The number of nitrogens with zero attached hydrogens (tertiary/aromatic N) is 1. The molecule has 1 heterocycles. The summed E-state index contributed by atoms with van der Waals surface area (Å²) in [4.78, 5) is 3.58. The fourth-order valence-corrected chi connectivity index (χ4v) is 1.70. The van der Waals surface area contributed by atoms with Crippen molar-refractivity contribution in [2.24, 2.45) is 0 Å². The van der Waals surface area contributed by atoms with Gasteiger partial charge in [0.1, 0.15) is 11.5 Å². The van der Waals surface area contributed by atoms with E-state index in [0.717, 1.165) is 22.7 Å². The third-order valence-corrected chi connectivity index (χ3v) is 2.70. The van der Waals surface area contributed by atoms with E-state index >= 15 is 0 Å². The zero-order valence-electron chi connectivity index (χ0n) is 10.8. The molecule has 4 nitrogen and oxygen atoms in total. The number of nitrogens with one attached hydrogen (secondary N) is 1. The van der Waals surface area contributed by atoms with Crippen molar-refractivity contribution in [1.29, 1.82) is 0 Å². The van der Waals surface area contributed by atoms with Gasteiger partial charge in [0.15, 0.2) is 0 Å². The number of hydrogen-bond acceptors (Lipinski definition) is 4. The van der Waals surface area contributed by atoms with Gasteiger partial charge in [0, 0.05) is 12.1 Å². The highest BCUT2D eigenvalue weighted by molar-refractivity contribution is 5.45. The van der Waals surface area contributed by atoms with Crippen LogP contribution in [0.3, 0.4) is 0 Å². The quantitative estimate of drug-likeness (QED) is 0.841. The molecular weight excluding hydrogens is 247 g/mol. The molecular formula is C14H15FN2O2. The van der Waals surface area contributed by atoms with E-state index in [1.54, 1.807) is 20.3 Å². The molecule has 0 amide bonds. The van der Waals surface area contributed by atoms with Crippen LogP contribution in [-0.2, 0) is 6.54 Å². The van der Waals surface area contributed by atoms with Crippen LogP contribution in [0.2, 0.25) is 0 Å². The Morgan fingerprint density at radius 2 is 2.00 bits per heavy atom. The fourth-order valence-electron chi connectivity index (χ4n) is 1.70. The summed E-state index contributed by atoms with van der Waals surface area (Å²) in [6.45, 7) is 0.535. The Morgan fingerprint density at radius 3 is 2.63 bits per heavy atom. The molecule has 5 heteroatoms. The predicted molar refractivity (Wildman–Crippen MR) is 71.1 cm³/mol. The third kappa shape index (κ3) is 3.34. The van der Waals surface area contributed by atoms with Crippen molar-refractivity contribution in [1.82, 2.24) is 4.98 Å². The number of pyridine rings is 1. The number of methoxy groups -OCH3 is 2. The van der Waals surface area contributed by atoms with Crippen molar-refractivity contribution in [3.05, 3.63) is 48.0 Å². The summed E-state index contributed by atoms with van der Waals surface area (Å²) in [5, 5.41) is 3.15. The molecule has 0 saturated carbocycles. The standard InChI is InChI=1S/C14H15FN2O2/c1-18-12-4-5-13(19-2)10(7-12)8-16-11-3-6-14(15)17-9-11/h3-7,9,16H,8H2,1-2H3. The molecule has 19 heavy (non-hydrogen) atoms. The maximum Gasteiger partial charge on any atom is 0.212 e. The number of benzene rings is 1. The molecule has 2 rings (SSSR count). The van der Waals surface area contributed by atoms with Crippen molar-refractivity contribution in [3.63, 3.8) is 0 Å². The highest BCUT2D eigenvalue weighted by Crippen LogP contribution is 2.24. The van der Waals surface area contributed by atoms with Crippen LogP contribution in [0.4, 0.5) is 10.1 Å². The van der Waals surface area contributed by atoms with E-state index in [-0.39, 0.29) is 0 Å². The maximum atomic E-state index is 12.7. The van der Waals surface area contributed by atoms with Crippen molar-refractivity contribution >= 4 is 5.69 Å². The Bertz CT molecular complexity index is 544. The lowest BCUT2D eigenvalue weighted by molar-refractivity contribution is 0.399. The molecule has 1 aromatic heterocycles. The number of aromatic nitrogens is 1. The number of halogens is 1. The van der Waals surface area contributed by atoms with Crippen LogP contribution in [0.15, 0.2) is 36.5 Å². The zero-order chi connectivity index (χ0) is 13.7. The molecule has 0 bridgehead atoms. The van der Waals surface area contributed by atoms with Gasteiger partial charge in [0.25, 0.3) is 0 Å². The number of hydrogen-bond donors (Lipinski definition) is 1. The van der Waals surface area contributed by atoms with Gasteiger partial charge in [-0.2, -0.15) is 4.39 Å². The molecule has 100 valence electrons. The average molecular weight is 262 g/mol. The summed E-state index contributed by atoms with van der Waals surface area (Å²) in [7, 11) is 3.23. The predicted octanol–water partition coefficient (Wildman–Crippen LogP) is 2.85. The van der Waals surface area contributed by atoms with Gasteiger partial charge in [-0.05, 0) is 30.3 Å². The normalized spacial score (nSPS) is 10.1. The number of anilines is 1. The molecule has 0 aliphatic carbocycles. The second-order valence-corrected chi connectivity index (χ2v) is 3.90. The lowest BCUT2D eigenvalue weighted by atomic mass is 10.2. The highest BCUT2D eigenvalue weighted by atomic mass is 19.1. The summed E-state index contributed by atoms with van der Waals surface area (Å²) in [6, 6.07) is 8.52. The highest BCUT2D eigenvalue weighted by Gasteiger charge is 2.05. The van der Waals surface area contributed by atoms with Gasteiger partial charge in [-0.15, -0.1) is 0 Å². The van der Waals surface area contributed by atoms with Gasteiger partial charge in [0.2, 0.25) is 5.95 Å². The SMILES string of the molecule is COc1ccc(OC)c(CNc2ccc(F)nc2)c1. The minimum atomic E-state index is -0.496. The van der Waals surface area contributed by atoms with Crippen molar-refractivity contribution in [2.45, 2.75) is 6.54 Å². The van der Waals surface area contributed by atoms with E-state index < -0.39 is 5.95 Å². The molecule has 0 spiro atoms. The fraction of sp³-hybridized carbons (Fsp3) is 0.214. The van der Waals surface area contributed by atoms with Gasteiger partial charge < -0.3 is 14.8 Å². The van der Waals surface area contributed by atoms with E-state index in [4.69, 9.17) is 9.47 Å². The van der Waals surface area contributed by atoms with Crippen LogP contribution in [0.5, 0.6) is 11.5 Å². The lowest BCUT2D eigenvalue weighted by Gasteiger charge is -2.12. The molecule has 2 aromatic rings. The Hall–Kier alpha value is -2.30. The smallest absolute Gasteiger partial charge is 0.212 e. The van der Waals surface area contributed by atoms with Crippen LogP contribution in [0, 0.1) is 5.95 Å². The zero-order valence-corrected chi connectivity index (χ0v) is 10.8. The minimum absolute atomic E-state index is 0.496. The first-order valence-electron chi connectivity index (χ1n) is 5.79. The van der Waals surface area contributed by atoms with E-state index in [0.29, 0.717) is 6.54 Å². The van der Waals surface area contributed by atoms with E-state index in [1.807, 2.05) is 18.2 Å². The van der Waals surface area contributed by atoms with E-state index in [9.17, 15) is 4.39 Å². The van der Waals surface area contributed by atoms with Crippen LogP contribution < -0.4 is 14.8 Å². The molecule has 0 atom stereocenters. The largest absolute Gasteiger partial charge is 0.497 e. The summed E-state index contributed by atoms with van der Waals surface area (Å²) in [5.41, 5.74) is 1.69. The monoisotopic (exact) mass is 262 g/mol. The van der Waals surface area contributed by atoms with Gasteiger partial charge >= 0.3 is 0 Å². The van der Waals surface area contributed by atoms with Crippen LogP contribution in [-0.4, -0.2) is 19.2 Å². The van der Waals surface area contributed by atoms with Gasteiger partial charge in [-0.3, -0.25) is 0 Å². The van der Waals surface area contributed by atoms with E-state index in [1.165, 1.54) is 12.3 Å². The Kier molecular flexibility index (Phi) is 4.18. The molecule has 1 aromatic carbocycles. The van der Waals surface area contributed by atoms with Crippen LogP contribution in [0.25, 0.3) is 0 Å². The summed E-state index contributed by atoms with van der Waals surface area (Å²) >= 11 is 0. The summed E-state index contributed by atoms with van der Waals surface area (Å²) in [5.74, 6) is 1.03. The van der Waals surface area contributed by atoms with Crippen molar-refractivity contribution in [3.8, 4) is 11.5 Å². The number of rotatable bonds is 5. The third-order valence-electron chi connectivity index (χ3n) is 2.70. The average Bonchev–Trinajstić information content (AvgIpc) is 2.46. The topological polar surface area (TPSA) is 43.4 Å². The van der Waals surface area contributed by atoms with Crippen molar-refractivity contribution < 1.29 is 13.9 Å². The van der Waals surface area contributed by atoms with Gasteiger partial charge in [0.05, 0.1) is 26.1 Å². The first kappa shape index (κ1) is 13.1. The first-order chi connectivity index (χ1) is 9.22. The second kappa shape index (κ2) is 6.04. The van der Waals surface area contributed by atoms with Crippen molar-refractivity contribution in [2.75, 3.05) is 19.5 Å². The molecule has 0 saturated heterocycles. The Balaban J connectivity index is 2.11. The second-order valence-electron chi connectivity index (χ2n) is 3.90. The minimum Gasteiger partial charge on any atom is -0.497 e. The molecule has 1 N–H and O–H groups in total. The summed E-state index contributed by atoms with van der Waals surface area (Å²) in [6.07, 6.45) is 1.45. The Morgan fingerprint density at radius 1 is 1.16 bits per heavy atom. The van der Waals surface area contributed by atoms with Crippen LogP contribution >= 0.6 is 0 Å². The number of ether oxygens (including phenoxy) is 2. The van der Waals surface area contributed by atoms with Crippen LogP contribution in [0.1, 0.15) is 5.56 Å². The molecule has 0 aliphatic heterocycles. The van der Waals surface area contributed by atoms with Gasteiger partial charge in [-0.1, -0.05) is 0 Å². The van der Waals surface area contributed by atoms with E-state index in [2.05, 4.69) is 10.3 Å². The Labute approximate surface area is 111 Å². The lowest BCUT2D eigenvalue weighted by Crippen LogP contribution is -2.02. The molecule has 0 radical (unpaired) electrons. The molecule has 0 aliphatic rings. The van der Waals surface area contributed by atoms with Gasteiger partial charge in [-0.25, -0.2) is 4.98 Å². The maximum absolute atomic E-state index is 12.7.